The summed E-state index contributed by atoms with van der Waals surface area (Å²) >= 11 is 0. The van der Waals surface area contributed by atoms with Crippen molar-refractivity contribution in [3.8, 4) is 5.75 Å². The average molecular weight is 357 g/mol. The summed E-state index contributed by atoms with van der Waals surface area (Å²) in [5.41, 5.74) is 1.28. The predicted octanol–water partition coefficient (Wildman–Crippen LogP) is 2.70. The maximum absolute atomic E-state index is 13.0. The minimum absolute atomic E-state index is 0.417. The Labute approximate surface area is 152 Å². The molecule has 8 nitrogen and oxygen atoms in total. The quantitative estimate of drug-likeness (QED) is 0.841. The summed E-state index contributed by atoms with van der Waals surface area (Å²) in [6.07, 6.45) is 0. The molecule has 1 unspecified atom stereocenters. The molecule has 1 N–H and O–H groups in total. The van der Waals surface area contributed by atoms with Gasteiger partial charge in [0.2, 0.25) is 5.95 Å². The summed E-state index contributed by atoms with van der Waals surface area (Å²) < 4.78 is 13.0. The smallest absolute Gasteiger partial charge is 0.338 e. The van der Waals surface area contributed by atoms with Gasteiger partial charge in [0, 0.05) is 11.3 Å². The molecule has 1 aromatic heterocycles. The van der Waals surface area contributed by atoms with Crippen molar-refractivity contribution in [1.29, 1.82) is 0 Å². The number of ether oxygens (including phenoxy) is 2. The Hall–Kier alpha value is -2.90. The molecule has 1 aliphatic rings. The number of allylic oxidation sites excluding steroid dienone is 1. The van der Waals surface area contributed by atoms with Crippen LogP contribution in [0.25, 0.3) is 0 Å². The number of aromatic nitrogens is 4. The van der Waals surface area contributed by atoms with Crippen LogP contribution < -0.4 is 10.1 Å². The molecule has 0 aliphatic carbocycles. The molecule has 2 heterocycles. The molecule has 0 saturated heterocycles. The zero-order valence-corrected chi connectivity index (χ0v) is 15.6. The van der Waals surface area contributed by atoms with Crippen molar-refractivity contribution in [2.75, 3.05) is 11.9 Å². The molecule has 8 heteroatoms. The first kappa shape index (κ1) is 17.9. The fraction of sp³-hybridized carbons (Fsp3) is 0.444. The van der Waals surface area contributed by atoms with E-state index in [1.54, 1.807) is 4.68 Å². The van der Waals surface area contributed by atoms with E-state index < -0.39 is 17.6 Å². The van der Waals surface area contributed by atoms with E-state index in [0.29, 0.717) is 29.6 Å². The molecule has 1 atom stereocenters. The highest BCUT2D eigenvalue weighted by atomic mass is 16.6. The highest BCUT2D eigenvalue weighted by Gasteiger charge is 2.37. The van der Waals surface area contributed by atoms with Crippen molar-refractivity contribution in [2.24, 2.45) is 0 Å². The molecule has 26 heavy (non-hydrogen) atoms. The van der Waals surface area contributed by atoms with E-state index in [1.807, 2.05) is 58.9 Å². The molecule has 0 amide bonds. The lowest BCUT2D eigenvalue weighted by atomic mass is 9.94. The number of tetrazole rings is 1. The van der Waals surface area contributed by atoms with E-state index >= 15 is 0 Å². The van der Waals surface area contributed by atoms with Gasteiger partial charge in [0.15, 0.2) is 0 Å². The standard InChI is InChI=1S/C18H23N5O3/c1-6-25-13-10-8-7-9-12(13)15-14(16(24)26-18(3,4)5)11(2)19-17-20-21-22-23(15)17/h7-10,15H,6H2,1-5H3,(H,19,20,22). The molecule has 3 rings (SSSR count). The number of rotatable bonds is 4. The van der Waals surface area contributed by atoms with Gasteiger partial charge >= 0.3 is 5.97 Å². The highest BCUT2D eigenvalue weighted by molar-refractivity contribution is 5.92. The molecule has 138 valence electrons. The molecule has 0 bridgehead atoms. The van der Waals surface area contributed by atoms with Gasteiger partial charge in [0.1, 0.15) is 17.4 Å². The van der Waals surface area contributed by atoms with Crippen molar-refractivity contribution in [3.05, 3.63) is 41.1 Å². The van der Waals surface area contributed by atoms with Crippen LogP contribution in [0.15, 0.2) is 35.5 Å². The summed E-state index contributed by atoms with van der Waals surface area (Å²) in [6, 6.07) is 7.02. The van der Waals surface area contributed by atoms with Gasteiger partial charge in [-0.25, -0.2) is 4.79 Å². The van der Waals surface area contributed by atoms with Crippen LogP contribution in [0.4, 0.5) is 5.95 Å². The van der Waals surface area contributed by atoms with Gasteiger partial charge in [-0.15, -0.1) is 0 Å². The van der Waals surface area contributed by atoms with E-state index in [0.717, 1.165) is 5.56 Å². The van der Waals surface area contributed by atoms with Gasteiger partial charge in [-0.2, -0.15) is 4.68 Å². The molecule has 0 radical (unpaired) electrons. The number of para-hydroxylation sites is 1. The highest BCUT2D eigenvalue weighted by Crippen LogP contribution is 2.39. The topological polar surface area (TPSA) is 91.2 Å². The molecule has 0 saturated carbocycles. The van der Waals surface area contributed by atoms with Gasteiger partial charge in [-0.3, -0.25) is 0 Å². The number of anilines is 1. The van der Waals surface area contributed by atoms with E-state index in [9.17, 15) is 4.79 Å². The Bertz CT molecular complexity index is 851. The summed E-state index contributed by atoms with van der Waals surface area (Å²) in [5.74, 6) is 0.725. The maximum Gasteiger partial charge on any atom is 0.338 e. The van der Waals surface area contributed by atoms with Gasteiger partial charge in [-0.1, -0.05) is 23.3 Å². The van der Waals surface area contributed by atoms with Crippen LogP contribution in [0.5, 0.6) is 5.75 Å². The number of hydrogen-bond acceptors (Lipinski definition) is 7. The van der Waals surface area contributed by atoms with E-state index in [1.165, 1.54) is 0 Å². The van der Waals surface area contributed by atoms with E-state index in [4.69, 9.17) is 9.47 Å². The van der Waals surface area contributed by atoms with Crippen LogP contribution in [-0.4, -0.2) is 38.4 Å². The predicted molar refractivity (Wildman–Crippen MR) is 95.7 cm³/mol. The fourth-order valence-electron chi connectivity index (χ4n) is 2.89. The Balaban J connectivity index is 2.14. The van der Waals surface area contributed by atoms with Crippen molar-refractivity contribution in [3.63, 3.8) is 0 Å². The first-order chi connectivity index (χ1) is 12.3. The number of nitrogens with one attached hydrogen (secondary N) is 1. The lowest BCUT2D eigenvalue weighted by Gasteiger charge is -2.30. The molecule has 0 fully saturated rings. The van der Waals surface area contributed by atoms with Crippen LogP contribution in [-0.2, 0) is 9.53 Å². The Morgan fingerprint density at radius 2 is 2.04 bits per heavy atom. The Morgan fingerprint density at radius 3 is 2.73 bits per heavy atom. The fourth-order valence-corrected chi connectivity index (χ4v) is 2.89. The average Bonchev–Trinajstić information content (AvgIpc) is 3.00. The third-order valence-corrected chi connectivity index (χ3v) is 3.85. The van der Waals surface area contributed by atoms with Crippen LogP contribution in [0.3, 0.4) is 0 Å². The minimum Gasteiger partial charge on any atom is -0.494 e. The summed E-state index contributed by atoms with van der Waals surface area (Å²) in [5, 5.41) is 14.9. The van der Waals surface area contributed by atoms with E-state index in [-0.39, 0.29) is 0 Å². The zero-order chi connectivity index (χ0) is 18.9. The summed E-state index contributed by atoms with van der Waals surface area (Å²) in [7, 11) is 0. The number of esters is 1. The maximum atomic E-state index is 13.0. The van der Waals surface area contributed by atoms with Crippen molar-refractivity contribution < 1.29 is 14.3 Å². The Morgan fingerprint density at radius 1 is 1.31 bits per heavy atom. The molecule has 1 aromatic carbocycles. The number of carbonyl (C=O) groups excluding carboxylic acids is 1. The van der Waals surface area contributed by atoms with Crippen LogP contribution >= 0.6 is 0 Å². The van der Waals surface area contributed by atoms with Gasteiger partial charge in [-0.05, 0) is 51.1 Å². The van der Waals surface area contributed by atoms with Crippen molar-refractivity contribution in [2.45, 2.75) is 46.3 Å². The number of fused-ring (bicyclic) bond motifs is 1. The summed E-state index contributed by atoms with van der Waals surface area (Å²) in [4.78, 5) is 13.0. The first-order valence-electron chi connectivity index (χ1n) is 8.52. The van der Waals surface area contributed by atoms with Crippen LogP contribution in [0, 0.1) is 0 Å². The number of benzene rings is 1. The third kappa shape index (κ3) is 3.40. The molecule has 0 spiro atoms. The summed E-state index contributed by atoms with van der Waals surface area (Å²) in [6.45, 7) is 9.74. The van der Waals surface area contributed by atoms with Gasteiger partial charge in [0.25, 0.3) is 0 Å². The van der Waals surface area contributed by atoms with E-state index in [2.05, 4.69) is 20.8 Å². The largest absolute Gasteiger partial charge is 0.494 e. The van der Waals surface area contributed by atoms with Gasteiger partial charge < -0.3 is 14.8 Å². The monoisotopic (exact) mass is 357 g/mol. The lowest BCUT2D eigenvalue weighted by molar-refractivity contribution is -0.150. The van der Waals surface area contributed by atoms with Gasteiger partial charge in [0.05, 0.1) is 12.2 Å². The van der Waals surface area contributed by atoms with Crippen molar-refractivity contribution >= 4 is 11.9 Å². The first-order valence-corrected chi connectivity index (χ1v) is 8.52. The Kier molecular flexibility index (Phi) is 4.67. The van der Waals surface area contributed by atoms with Crippen LogP contribution in [0.1, 0.15) is 46.2 Å². The zero-order valence-electron chi connectivity index (χ0n) is 15.6. The van der Waals surface area contributed by atoms with Crippen molar-refractivity contribution in [1.82, 2.24) is 20.2 Å². The lowest BCUT2D eigenvalue weighted by Crippen LogP contribution is -2.33. The molecule has 1 aliphatic heterocycles. The molecular weight excluding hydrogens is 334 g/mol. The second-order valence-electron chi connectivity index (χ2n) is 6.99. The second-order valence-corrected chi connectivity index (χ2v) is 6.99. The third-order valence-electron chi connectivity index (χ3n) is 3.85. The minimum atomic E-state index is -0.616. The second kappa shape index (κ2) is 6.78. The SMILES string of the molecule is CCOc1ccccc1C1C(C(=O)OC(C)(C)C)=C(C)Nc2nnnn21. The number of nitrogens with zero attached hydrogens (tertiary/aromatic N) is 4. The number of hydrogen-bond donors (Lipinski definition) is 1. The number of carbonyl (C=O) groups is 1. The van der Waals surface area contributed by atoms with Crippen LogP contribution in [0.2, 0.25) is 0 Å². The normalized spacial score (nSPS) is 16.7. The molecule has 2 aromatic rings. The molecular formula is C18H23N5O3.